The Bertz CT molecular complexity index is 766. The van der Waals surface area contributed by atoms with Crippen LogP contribution in [0, 0.1) is 17.5 Å². The van der Waals surface area contributed by atoms with E-state index in [0.29, 0.717) is 0 Å². The summed E-state index contributed by atoms with van der Waals surface area (Å²) in [4.78, 5) is 12.3. The Hall–Kier alpha value is -2.54. The van der Waals surface area contributed by atoms with Crippen LogP contribution in [0.2, 0.25) is 0 Å². The van der Waals surface area contributed by atoms with Crippen LogP contribution in [0.4, 0.5) is 18.9 Å². The lowest BCUT2D eigenvalue weighted by atomic mass is 10.0. The average Bonchev–Trinajstić information content (AvgIpc) is 2.66. The standard InChI is InChI=1S/C19H21F3N2O2/c1-4-15(12-5-7-13(26-3)8-6-12)23-11(2)19(25)24-16-10-9-14(20)17(21)18(16)22/h5-11,15,23H,4H2,1-3H3,(H,24,25)/p+1/t11-,15-/m0/s1. The molecule has 26 heavy (non-hydrogen) atoms. The second-order valence-corrected chi connectivity index (χ2v) is 5.98. The number of amides is 1. The normalized spacial score (nSPS) is 13.2. The fourth-order valence-electron chi connectivity index (χ4n) is 2.64. The van der Waals surface area contributed by atoms with Crippen LogP contribution in [0.15, 0.2) is 36.4 Å². The van der Waals surface area contributed by atoms with Crippen LogP contribution in [0.1, 0.15) is 31.9 Å². The largest absolute Gasteiger partial charge is 0.497 e. The smallest absolute Gasteiger partial charge is 0.282 e. The number of hydrogen-bond donors (Lipinski definition) is 2. The van der Waals surface area contributed by atoms with Gasteiger partial charge in [0.25, 0.3) is 5.91 Å². The van der Waals surface area contributed by atoms with Gasteiger partial charge >= 0.3 is 0 Å². The first-order valence-corrected chi connectivity index (χ1v) is 8.30. The lowest BCUT2D eigenvalue weighted by Crippen LogP contribution is -2.92. The predicted octanol–water partition coefficient (Wildman–Crippen LogP) is 3.15. The molecule has 0 aliphatic carbocycles. The molecule has 1 amide bonds. The van der Waals surface area contributed by atoms with Crippen molar-refractivity contribution < 1.29 is 28.0 Å². The van der Waals surface area contributed by atoms with Crippen molar-refractivity contribution in [2.75, 3.05) is 12.4 Å². The van der Waals surface area contributed by atoms with Gasteiger partial charge in [0.2, 0.25) is 0 Å². The fourth-order valence-corrected chi connectivity index (χ4v) is 2.64. The van der Waals surface area contributed by atoms with E-state index in [4.69, 9.17) is 4.74 Å². The number of rotatable bonds is 7. The summed E-state index contributed by atoms with van der Waals surface area (Å²) in [5, 5.41) is 4.15. The van der Waals surface area contributed by atoms with Gasteiger partial charge in [0.15, 0.2) is 23.5 Å². The zero-order valence-corrected chi connectivity index (χ0v) is 14.9. The van der Waals surface area contributed by atoms with E-state index in [1.54, 1.807) is 14.0 Å². The zero-order valence-electron chi connectivity index (χ0n) is 14.9. The minimum atomic E-state index is -1.61. The van der Waals surface area contributed by atoms with Gasteiger partial charge in [-0.05, 0) is 43.3 Å². The Morgan fingerprint density at radius 3 is 2.35 bits per heavy atom. The van der Waals surface area contributed by atoms with Gasteiger partial charge in [-0.1, -0.05) is 6.92 Å². The molecular weight excluding hydrogens is 345 g/mol. The molecule has 0 aliphatic heterocycles. The van der Waals surface area contributed by atoms with Crippen LogP contribution in [0.5, 0.6) is 5.75 Å². The van der Waals surface area contributed by atoms with Crippen molar-refractivity contribution in [2.45, 2.75) is 32.4 Å². The van der Waals surface area contributed by atoms with Gasteiger partial charge in [0.05, 0.1) is 12.8 Å². The number of carbonyl (C=O) groups excluding carboxylic acids is 1. The van der Waals surface area contributed by atoms with Crippen LogP contribution < -0.4 is 15.4 Å². The van der Waals surface area contributed by atoms with Crippen LogP contribution in [0.25, 0.3) is 0 Å². The summed E-state index contributed by atoms with van der Waals surface area (Å²) < 4.78 is 45.1. The first-order valence-electron chi connectivity index (χ1n) is 8.30. The Morgan fingerprint density at radius 1 is 1.12 bits per heavy atom. The van der Waals surface area contributed by atoms with E-state index in [-0.39, 0.29) is 11.7 Å². The highest BCUT2D eigenvalue weighted by molar-refractivity contribution is 5.93. The van der Waals surface area contributed by atoms with Crippen molar-refractivity contribution in [1.29, 1.82) is 0 Å². The molecule has 140 valence electrons. The van der Waals surface area contributed by atoms with Gasteiger partial charge in [-0.15, -0.1) is 0 Å². The van der Waals surface area contributed by atoms with Gasteiger partial charge in [-0.25, -0.2) is 13.2 Å². The summed E-state index contributed by atoms with van der Waals surface area (Å²) in [7, 11) is 1.59. The minimum absolute atomic E-state index is 0.0106. The van der Waals surface area contributed by atoms with E-state index in [0.717, 1.165) is 29.9 Å². The Labute approximate surface area is 150 Å². The Kier molecular flexibility index (Phi) is 6.63. The summed E-state index contributed by atoms with van der Waals surface area (Å²) in [6.45, 7) is 3.66. The summed E-state index contributed by atoms with van der Waals surface area (Å²) in [6.07, 6.45) is 0.767. The van der Waals surface area contributed by atoms with E-state index >= 15 is 0 Å². The Balaban J connectivity index is 2.06. The lowest BCUT2D eigenvalue weighted by molar-refractivity contribution is -0.713. The number of nitrogens with one attached hydrogen (secondary N) is 1. The van der Waals surface area contributed by atoms with E-state index in [2.05, 4.69) is 5.32 Å². The number of anilines is 1. The van der Waals surface area contributed by atoms with Crippen LogP contribution in [0.3, 0.4) is 0 Å². The second kappa shape index (κ2) is 8.71. The van der Waals surface area contributed by atoms with Gasteiger partial charge in [-0.2, -0.15) is 0 Å². The maximum absolute atomic E-state index is 13.7. The average molecular weight is 367 g/mol. The van der Waals surface area contributed by atoms with Gasteiger partial charge in [-0.3, -0.25) is 4.79 Å². The molecule has 0 saturated carbocycles. The summed E-state index contributed by atoms with van der Waals surface area (Å²) in [5.41, 5.74) is 0.638. The summed E-state index contributed by atoms with van der Waals surface area (Å²) >= 11 is 0. The SMILES string of the molecule is CC[C@H]([NH2+][C@@H](C)C(=O)Nc1ccc(F)c(F)c1F)c1ccc(OC)cc1. The first-order chi connectivity index (χ1) is 12.4. The van der Waals surface area contributed by atoms with Crippen molar-refractivity contribution in [3.63, 3.8) is 0 Å². The quantitative estimate of drug-likeness (QED) is 0.739. The third kappa shape index (κ3) is 4.54. The number of quaternary nitrogens is 1. The van der Waals surface area contributed by atoms with E-state index in [9.17, 15) is 18.0 Å². The molecule has 0 aromatic heterocycles. The molecule has 2 aromatic rings. The van der Waals surface area contributed by atoms with Gasteiger partial charge < -0.3 is 15.4 Å². The number of hydrogen-bond acceptors (Lipinski definition) is 2. The molecule has 3 N–H and O–H groups in total. The molecule has 2 atom stereocenters. The lowest BCUT2D eigenvalue weighted by Gasteiger charge is -2.19. The van der Waals surface area contributed by atoms with E-state index in [1.807, 2.05) is 36.5 Å². The van der Waals surface area contributed by atoms with E-state index < -0.39 is 29.4 Å². The molecule has 0 heterocycles. The third-order valence-corrected chi connectivity index (χ3v) is 4.21. The van der Waals surface area contributed by atoms with Gasteiger partial charge in [0.1, 0.15) is 11.8 Å². The van der Waals surface area contributed by atoms with Crippen LogP contribution >= 0.6 is 0 Å². The number of ether oxygens (including phenoxy) is 1. The predicted molar refractivity (Wildman–Crippen MR) is 92.4 cm³/mol. The number of carbonyl (C=O) groups is 1. The van der Waals surface area contributed by atoms with Crippen molar-refractivity contribution >= 4 is 11.6 Å². The minimum Gasteiger partial charge on any atom is -0.497 e. The second-order valence-electron chi connectivity index (χ2n) is 5.98. The Morgan fingerprint density at radius 2 is 1.77 bits per heavy atom. The van der Waals surface area contributed by atoms with Gasteiger partial charge in [0, 0.05) is 12.0 Å². The van der Waals surface area contributed by atoms with Crippen molar-refractivity contribution in [3.05, 3.63) is 59.4 Å². The monoisotopic (exact) mass is 367 g/mol. The maximum Gasteiger partial charge on any atom is 0.282 e. The van der Waals surface area contributed by atoms with Crippen molar-refractivity contribution in [1.82, 2.24) is 0 Å². The molecule has 7 heteroatoms. The van der Waals surface area contributed by atoms with Crippen molar-refractivity contribution in [2.24, 2.45) is 0 Å². The molecule has 0 saturated heterocycles. The van der Waals surface area contributed by atoms with E-state index in [1.165, 1.54) is 0 Å². The van der Waals surface area contributed by atoms with Crippen LogP contribution in [-0.2, 0) is 4.79 Å². The number of halogens is 3. The summed E-state index contributed by atoms with van der Waals surface area (Å²) in [6, 6.07) is 8.74. The third-order valence-electron chi connectivity index (χ3n) is 4.21. The molecule has 0 unspecified atom stereocenters. The molecule has 0 aliphatic rings. The molecule has 0 bridgehead atoms. The number of benzene rings is 2. The highest BCUT2D eigenvalue weighted by atomic mass is 19.2. The molecule has 0 fully saturated rings. The molecule has 4 nitrogen and oxygen atoms in total. The molecular formula is C19H22F3N2O2+. The topological polar surface area (TPSA) is 54.9 Å². The molecule has 0 radical (unpaired) electrons. The number of nitrogens with two attached hydrogens (primary N) is 1. The van der Waals surface area contributed by atoms with Crippen LogP contribution in [-0.4, -0.2) is 19.1 Å². The fraction of sp³-hybridized carbons (Fsp3) is 0.316. The summed E-state index contributed by atoms with van der Waals surface area (Å²) in [5.74, 6) is -4.08. The maximum atomic E-state index is 13.7. The highest BCUT2D eigenvalue weighted by Gasteiger charge is 2.24. The molecule has 2 aromatic carbocycles. The molecule has 0 spiro atoms. The first kappa shape index (κ1) is 19.8. The molecule has 2 rings (SSSR count). The van der Waals surface area contributed by atoms with Crippen molar-refractivity contribution in [3.8, 4) is 5.75 Å². The zero-order chi connectivity index (χ0) is 19.3. The highest BCUT2D eigenvalue weighted by Crippen LogP contribution is 2.20. The number of methoxy groups -OCH3 is 1.